The first-order valence-electron chi connectivity index (χ1n) is 10.7. The largest absolute Gasteiger partial charge is 0.493 e. The van der Waals surface area contributed by atoms with Crippen LogP contribution in [0.15, 0.2) is 71.4 Å². The molecule has 3 aromatic rings. The molecule has 0 aliphatic carbocycles. The van der Waals surface area contributed by atoms with Gasteiger partial charge >= 0.3 is 5.97 Å². The third kappa shape index (κ3) is 5.45. The Hall–Kier alpha value is -2.84. The predicted octanol–water partition coefficient (Wildman–Crippen LogP) is 7.00. The molecule has 0 bridgehead atoms. The highest BCUT2D eigenvalue weighted by atomic mass is 127. The van der Waals surface area contributed by atoms with E-state index < -0.39 is 5.97 Å². The summed E-state index contributed by atoms with van der Waals surface area (Å²) in [6, 6.07) is 19.3. The molecule has 0 saturated carbocycles. The molecule has 0 radical (unpaired) electrons. The Bertz CT molecular complexity index is 1280. The summed E-state index contributed by atoms with van der Waals surface area (Å²) >= 11 is 8.78. The van der Waals surface area contributed by atoms with Crippen molar-refractivity contribution < 1.29 is 19.0 Å². The average molecular weight is 588 g/mol. The third-order valence-corrected chi connectivity index (χ3v) is 6.66. The fourth-order valence-corrected chi connectivity index (χ4v) is 4.25. The topological polar surface area (TPSA) is 57.1 Å². The van der Waals surface area contributed by atoms with Crippen LogP contribution < -0.4 is 9.47 Å². The van der Waals surface area contributed by atoms with Crippen LogP contribution in [0.5, 0.6) is 11.5 Å². The van der Waals surface area contributed by atoms with Crippen molar-refractivity contribution in [3.8, 4) is 11.5 Å². The normalized spacial score (nSPS) is 14.4. The number of methoxy groups -OCH3 is 1. The van der Waals surface area contributed by atoms with Crippen molar-refractivity contribution in [2.45, 2.75) is 26.4 Å². The number of nitrogens with zero attached hydrogens (tertiary/aromatic N) is 1. The first kappa shape index (κ1) is 24.3. The molecule has 1 aliphatic heterocycles. The van der Waals surface area contributed by atoms with Gasteiger partial charge in [0.15, 0.2) is 17.2 Å². The zero-order valence-corrected chi connectivity index (χ0v) is 21.9. The van der Waals surface area contributed by atoms with Gasteiger partial charge < -0.3 is 14.2 Å². The summed E-state index contributed by atoms with van der Waals surface area (Å²) in [7, 11) is 1.54. The number of esters is 1. The lowest BCUT2D eigenvalue weighted by atomic mass is 10.0. The van der Waals surface area contributed by atoms with Gasteiger partial charge in [0, 0.05) is 14.7 Å². The summed E-state index contributed by atoms with van der Waals surface area (Å²) < 4.78 is 18.0. The lowest BCUT2D eigenvalue weighted by Gasteiger charge is -2.14. The smallest absolute Gasteiger partial charge is 0.363 e. The van der Waals surface area contributed by atoms with Gasteiger partial charge in [0.1, 0.15) is 6.61 Å². The molecule has 7 heteroatoms. The van der Waals surface area contributed by atoms with Gasteiger partial charge in [-0.2, -0.15) is 0 Å². The van der Waals surface area contributed by atoms with E-state index in [1.54, 1.807) is 25.3 Å². The lowest BCUT2D eigenvalue weighted by Crippen LogP contribution is -2.05. The van der Waals surface area contributed by atoms with E-state index in [-0.39, 0.29) is 11.6 Å². The number of cyclic esters (lactones) is 1. The minimum absolute atomic E-state index is 0.188. The Labute approximate surface area is 217 Å². The zero-order chi connectivity index (χ0) is 24.2. The van der Waals surface area contributed by atoms with Crippen molar-refractivity contribution in [1.82, 2.24) is 0 Å². The highest BCUT2D eigenvalue weighted by Gasteiger charge is 2.24. The molecule has 0 atom stereocenters. The van der Waals surface area contributed by atoms with Gasteiger partial charge in [0.2, 0.25) is 5.90 Å². The Morgan fingerprint density at radius 1 is 1.12 bits per heavy atom. The van der Waals surface area contributed by atoms with E-state index in [0.717, 1.165) is 14.7 Å². The maximum Gasteiger partial charge on any atom is 0.363 e. The Kier molecular flexibility index (Phi) is 7.58. The average Bonchev–Trinajstić information content (AvgIpc) is 3.19. The number of ether oxygens (including phenoxy) is 3. The van der Waals surface area contributed by atoms with Gasteiger partial charge in [-0.1, -0.05) is 55.8 Å². The van der Waals surface area contributed by atoms with E-state index in [1.165, 1.54) is 5.56 Å². The van der Waals surface area contributed by atoms with E-state index >= 15 is 0 Å². The summed E-state index contributed by atoms with van der Waals surface area (Å²) in [5.74, 6) is 1.08. The lowest BCUT2D eigenvalue weighted by molar-refractivity contribution is -0.129. The van der Waals surface area contributed by atoms with Crippen LogP contribution in [0.4, 0.5) is 0 Å². The van der Waals surface area contributed by atoms with Crippen molar-refractivity contribution in [2.24, 2.45) is 4.99 Å². The molecule has 0 amide bonds. The monoisotopic (exact) mass is 587 g/mol. The summed E-state index contributed by atoms with van der Waals surface area (Å²) in [6.07, 6.45) is 1.62. The van der Waals surface area contributed by atoms with Crippen molar-refractivity contribution in [3.63, 3.8) is 0 Å². The second-order valence-corrected chi connectivity index (χ2v) is 9.60. The summed E-state index contributed by atoms with van der Waals surface area (Å²) in [5.41, 5.74) is 3.83. The minimum atomic E-state index is -0.517. The number of halogens is 2. The van der Waals surface area contributed by atoms with Crippen molar-refractivity contribution in [3.05, 3.63) is 97.2 Å². The summed E-state index contributed by atoms with van der Waals surface area (Å²) in [5, 5.41) is 0.372. The Morgan fingerprint density at radius 2 is 1.85 bits per heavy atom. The van der Waals surface area contributed by atoms with Gasteiger partial charge in [0.05, 0.1) is 12.1 Å². The molecular formula is C27H23ClINO4. The second-order valence-electron chi connectivity index (χ2n) is 8.03. The molecule has 34 heavy (non-hydrogen) atoms. The molecule has 174 valence electrons. The highest BCUT2D eigenvalue weighted by molar-refractivity contribution is 14.1. The molecule has 0 N–H and O–H groups in total. The highest BCUT2D eigenvalue weighted by Crippen LogP contribution is 2.38. The molecule has 0 fully saturated rings. The van der Waals surface area contributed by atoms with Crippen LogP contribution in [-0.2, 0) is 16.1 Å². The van der Waals surface area contributed by atoms with E-state index in [9.17, 15) is 4.79 Å². The van der Waals surface area contributed by atoms with Crippen LogP contribution in [-0.4, -0.2) is 19.0 Å². The van der Waals surface area contributed by atoms with Crippen LogP contribution in [0.3, 0.4) is 0 Å². The molecule has 0 saturated heterocycles. The quantitative estimate of drug-likeness (QED) is 0.170. The van der Waals surface area contributed by atoms with Crippen LogP contribution >= 0.6 is 34.2 Å². The minimum Gasteiger partial charge on any atom is -0.493 e. The van der Waals surface area contributed by atoms with Crippen LogP contribution in [0.25, 0.3) is 6.08 Å². The van der Waals surface area contributed by atoms with E-state index in [1.807, 2.05) is 48.5 Å². The molecular weight excluding hydrogens is 565 g/mol. The van der Waals surface area contributed by atoms with E-state index in [2.05, 4.69) is 41.4 Å². The predicted molar refractivity (Wildman–Crippen MR) is 143 cm³/mol. The number of hydrogen-bond acceptors (Lipinski definition) is 5. The molecule has 1 heterocycles. The van der Waals surface area contributed by atoms with Crippen LogP contribution in [0, 0.1) is 3.57 Å². The van der Waals surface area contributed by atoms with Gasteiger partial charge in [-0.05, 0) is 76.0 Å². The summed E-state index contributed by atoms with van der Waals surface area (Å²) in [4.78, 5) is 16.8. The molecule has 1 aliphatic rings. The zero-order valence-electron chi connectivity index (χ0n) is 19.0. The number of rotatable bonds is 7. The summed E-state index contributed by atoms with van der Waals surface area (Å²) in [6.45, 7) is 4.60. The van der Waals surface area contributed by atoms with Crippen molar-refractivity contribution in [2.75, 3.05) is 7.11 Å². The molecule has 5 nitrogen and oxygen atoms in total. The van der Waals surface area contributed by atoms with E-state index in [4.69, 9.17) is 25.8 Å². The van der Waals surface area contributed by atoms with Crippen molar-refractivity contribution >= 4 is 52.1 Å². The number of carbonyl (C=O) groups is 1. The standard InChI is InChI=1S/C27H23ClINO4/c1-16(2)18-8-10-19(11-9-18)26-30-23(27(31)34-26)13-17-12-21(28)25(24(14-17)32-3)33-15-20-6-4-5-7-22(20)29/h4-14,16H,15H2,1-3H3/b23-13-. The van der Waals surface area contributed by atoms with Crippen molar-refractivity contribution in [1.29, 1.82) is 0 Å². The van der Waals surface area contributed by atoms with Crippen LogP contribution in [0.1, 0.15) is 42.0 Å². The third-order valence-electron chi connectivity index (χ3n) is 5.33. The SMILES string of the molecule is COc1cc(/C=C2\N=C(c3ccc(C(C)C)cc3)OC2=O)cc(Cl)c1OCc1ccccc1I. The first-order valence-corrected chi connectivity index (χ1v) is 12.2. The van der Waals surface area contributed by atoms with Gasteiger partial charge in [-0.15, -0.1) is 0 Å². The van der Waals surface area contributed by atoms with E-state index in [0.29, 0.717) is 34.6 Å². The van der Waals surface area contributed by atoms with Gasteiger partial charge in [-0.3, -0.25) is 0 Å². The number of aliphatic imine (C=N–C) groups is 1. The molecule has 0 aromatic heterocycles. The Morgan fingerprint density at radius 3 is 2.53 bits per heavy atom. The molecule has 0 unspecified atom stereocenters. The molecule has 3 aromatic carbocycles. The van der Waals surface area contributed by atoms with Gasteiger partial charge in [-0.25, -0.2) is 9.79 Å². The second kappa shape index (κ2) is 10.6. The maximum absolute atomic E-state index is 12.4. The molecule has 0 spiro atoms. The number of hydrogen-bond donors (Lipinski definition) is 0. The molecule has 4 rings (SSSR count). The Balaban J connectivity index is 1.58. The van der Waals surface area contributed by atoms with Crippen LogP contribution in [0.2, 0.25) is 5.02 Å². The number of carbonyl (C=O) groups excluding carboxylic acids is 1. The fraction of sp³-hybridized carbons (Fsp3) is 0.185. The first-order chi connectivity index (χ1) is 16.4. The van der Waals surface area contributed by atoms with Gasteiger partial charge in [0.25, 0.3) is 0 Å². The maximum atomic E-state index is 12.4. The fourth-order valence-electron chi connectivity index (χ4n) is 3.43. The number of benzene rings is 3.